The second-order valence-electron chi connectivity index (χ2n) is 4.52. The summed E-state index contributed by atoms with van der Waals surface area (Å²) in [6, 6.07) is 3.79. The van der Waals surface area contributed by atoms with Gasteiger partial charge in [0, 0.05) is 18.7 Å². The molecule has 10 heteroatoms. The number of rotatable bonds is 5. The molecule has 0 radical (unpaired) electrons. The van der Waals surface area contributed by atoms with Gasteiger partial charge in [0.25, 0.3) is 5.69 Å². The van der Waals surface area contributed by atoms with Crippen molar-refractivity contribution in [1.29, 1.82) is 0 Å². The van der Waals surface area contributed by atoms with Gasteiger partial charge in [0.2, 0.25) is 10.0 Å². The number of nitrogens with one attached hydrogen (secondary N) is 2. The number of benzene rings is 1. The topological polar surface area (TPSA) is 101 Å². The minimum Gasteiger partial charge on any atom is -0.313 e. The first-order valence-corrected chi connectivity index (χ1v) is 8.35. The van der Waals surface area contributed by atoms with Crippen LogP contribution in [0.5, 0.6) is 0 Å². The van der Waals surface area contributed by atoms with Crippen LogP contribution in [0.3, 0.4) is 0 Å². The highest BCUT2D eigenvalue weighted by atomic mass is 79.9. The summed E-state index contributed by atoms with van der Waals surface area (Å²) >= 11 is 3.01. The largest absolute Gasteiger partial charge is 0.313 e. The normalized spacial score (nSPS) is 18.2. The van der Waals surface area contributed by atoms with Gasteiger partial charge >= 0.3 is 0 Å². The summed E-state index contributed by atoms with van der Waals surface area (Å²) in [5.74, 6) is 0. The van der Waals surface area contributed by atoms with Crippen molar-refractivity contribution in [2.24, 2.45) is 0 Å². The van der Waals surface area contributed by atoms with E-state index in [-0.39, 0.29) is 33.5 Å². The molecule has 0 aromatic heterocycles. The Labute approximate surface area is 137 Å². The van der Waals surface area contributed by atoms with Gasteiger partial charge in [0.15, 0.2) is 0 Å². The van der Waals surface area contributed by atoms with Gasteiger partial charge in [-0.3, -0.25) is 10.1 Å². The lowest BCUT2D eigenvalue weighted by Crippen LogP contribution is -2.37. The van der Waals surface area contributed by atoms with Crippen LogP contribution in [-0.4, -0.2) is 32.5 Å². The first-order valence-electron chi connectivity index (χ1n) is 6.07. The number of hydrogen-bond acceptors (Lipinski definition) is 5. The molecule has 1 fully saturated rings. The number of hydrogen-bond donors (Lipinski definition) is 2. The van der Waals surface area contributed by atoms with Gasteiger partial charge in [0.05, 0.1) is 14.3 Å². The van der Waals surface area contributed by atoms with E-state index in [9.17, 15) is 18.5 Å². The molecule has 1 aromatic carbocycles. The number of nitro groups is 1. The molecule has 0 bridgehead atoms. The fraction of sp³-hybridized carbons (Fsp3) is 0.455. The standard InChI is InChI=1S/C11H14BrN3O4S.ClH/c12-10-6-9(3-4-11(10)15(16)17)20(18,19)14-7-8-2-1-5-13-8;/h3-4,6,8,13-14H,1-2,5,7H2;1H. The molecule has 1 saturated heterocycles. The van der Waals surface area contributed by atoms with Crippen LogP contribution in [0.2, 0.25) is 0 Å². The van der Waals surface area contributed by atoms with Gasteiger partial charge in [0.1, 0.15) is 0 Å². The van der Waals surface area contributed by atoms with Crippen LogP contribution in [0.15, 0.2) is 27.6 Å². The number of sulfonamides is 1. The molecule has 1 atom stereocenters. The van der Waals surface area contributed by atoms with Crippen molar-refractivity contribution < 1.29 is 13.3 Å². The Morgan fingerprint density at radius 1 is 1.48 bits per heavy atom. The molecule has 2 rings (SSSR count). The highest BCUT2D eigenvalue weighted by molar-refractivity contribution is 9.10. The summed E-state index contributed by atoms with van der Waals surface area (Å²) in [5.41, 5.74) is -0.165. The lowest BCUT2D eigenvalue weighted by Gasteiger charge is -2.12. The monoisotopic (exact) mass is 399 g/mol. The molecule has 21 heavy (non-hydrogen) atoms. The molecule has 0 aliphatic carbocycles. The van der Waals surface area contributed by atoms with Crippen molar-refractivity contribution in [2.75, 3.05) is 13.1 Å². The van der Waals surface area contributed by atoms with Gasteiger partial charge in [-0.25, -0.2) is 13.1 Å². The van der Waals surface area contributed by atoms with Gasteiger partial charge in [-0.1, -0.05) is 0 Å². The highest BCUT2D eigenvalue weighted by Gasteiger charge is 2.21. The van der Waals surface area contributed by atoms with E-state index in [2.05, 4.69) is 26.0 Å². The number of nitrogens with zero attached hydrogens (tertiary/aromatic N) is 1. The Bertz CT molecular complexity index is 620. The molecule has 0 amide bonds. The quantitative estimate of drug-likeness (QED) is 0.580. The maximum atomic E-state index is 12.1. The lowest BCUT2D eigenvalue weighted by atomic mass is 10.2. The van der Waals surface area contributed by atoms with Crippen LogP contribution in [0.4, 0.5) is 5.69 Å². The third-order valence-electron chi connectivity index (χ3n) is 3.11. The van der Waals surface area contributed by atoms with Crippen LogP contribution in [0.1, 0.15) is 12.8 Å². The maximum Gasteiger partial charge on any atom is 0.283 e. The van der Waals surface area contributed by atoms with Crippen molar-refractivity contribution in [2.45, 2.75) is 23.8 Å². The molecular formula is C11H15BrClN3O4S. The van der Waals surface area contributed by atoms with Gasteiger partial charge in [-0.05, 0) is 47.4 Å². The van der Waals surface area contributed by atoms with Gasteiger partial charge < -0.3 is 5.32 Å². The summed E-state index contributed by atoms with van der Waals surface area (Å²) in [6.45, 7) is 1.21. The smallest absolute Gasteiger partial charge is 0.283 e. The molecule has 7 nitrogen and oxygen atoms in total. The summed E-state index contributed by atoms with van der Waals surface area (Å²) in [4.78, 5) is 10.1. The molecule has 1 aromatic rings. The molecule has 1 heterocycles. The molecular weight excluding hydrogens is 386 g/mol. The Morgan fingerprint density at radius 2 is 2.19 bits per heavy atom. The van der Waals surface area contributed by atoms with E-state index in [1.807, 2.05) is 0 Å². The predicted octanol–water partition coefficient (Wildman–Crippen LogP) is 1.81. The second-order valence-corrected chi connectivity index (χ2v) is 7.14. The summed E-state index contributed by atoms with van der Waals surface area (Å²) in [7, 11) is -3.66. The van der Waals surface area contributed by atoms with Crippen molar-refractivity contribution >= 4 is 44.0 Å². The molecule has 1 aliphatic heterocycles. The van der Waals surface area contributed by atoms with E-state index in [1.54, 1.807) is 0 Å². The van der Waals surface area contributed by atoms with Crippen molar-refractivity contribution in [1.82, 2.24) is 10.0 Å². The summed E-state index contributed by atoms with van der Waals surface area (Å²) in [6.07, 6.45) is 1.97. The summed E-state index contributed by atoms with van der Waals surface area (Å²) < 4.78 is 26.8. The lowest BCUT2D eigenvalue weighted by molar-refractivity contribution is -0.385. The molecule has 1 unspecified atom stereocenters. The molecule has 0 spiro atoms. The van der Waals surface area contributed by atoms with Crippen LogP contribution in [0.25, 0.3) is 0 Å². The molecule has 118 valence electrons. The van der Waals surface area contributed by atoms with Crippen molar-refractivity contribution in [3.05, 3.63) is 32.8 Å². The predicted molar refractivity (Wildman–Crippen MR) is 84.3 cm³/mol. The zero-order chi connectivity index (χ0) is 14.8. The van der Waals surface area contributed by atoms with Crippen molar-refractivity contribution in [3.8, 4) is 0 Å². The van der Waals surface area contributed by atoms with E-state index in [0.717, 1.165) is 19.4 Å². The zero-order valence-corrected chi connectivity index (χ0v) is 14.1. The summed E-state index contributed by atoms with van der Waals surface area (Å²) in [5, 5.41) is 13.9. The zero-order valence-electron chi connectivity index (χ0n) is 10.9. The van der Waals surface area contributed by atoms with Gasteiger partial charge in [-0.2, -0.15) is 0 Å². The Morgan fingerprint density at radius 3 is 2.71 bits per heavy atom. The highest BCUT2D eigenvalue weighted by Crippen LogP contribution is 2.27. The van der Waals surface area contributed by atoms with Crippen LogP contribution >= 0.6 is 28.3 Å². The number of nitro benzene ring substituents is 1. The van der Waals surface area contributed by atoms with Gasteiger partial charge in [-0.15, -0.1) is 12.4 Å². The average molecular weight is 401 g/mol. The minimum absolute atomic E-state index is 0. The SMILES string of the molecule is Cl.O=[N+]([O-])c1ccc(S(=O)(=O)NCC2CCCN2)cc1Br. The maximum absolute atomic E-state index is 12.1. The average Bonchev–Trinajstić information content (AvgIpc) is 2.89. The first-order chi connectivity index (χ1) is 9.40. The van der Waals surface area contributed by atoms with E-state index >= 15 is 0 Å². The molecule has 0 saturated carbocycles. The van der Waals surface area contributed by atoms with E-state index in [4.69, 9.17) is 0 Å². The fourth-order valence-electron chi connectivity index (χ4n) is 2.03. The van der Waals surface area contributed by atoms with E-state index in [1.165, 1.54) is 18.2 Å². The van der Waals surface area contributed by atoms with E-state index < -0.39 is 14.9 Å². The number of halogens is 2. The fourth-order valence-corrected chi connectivity index (χ4v) is 3.81. The van der Waals surface area contributed by atoms with E-state index in [0.29, 0.717) is 6.54 Å². The third-order valence-corrected chi connectivity index (χ3v) is 5.16. The van der Waals surface area contributed by atoms with Crippen molar-refractivity contribution in [3.63, 3.8) is 0 Å². The Kier molecular flexibility index (Phi) is 6.54. The third kappa shape index (κ3) is 4.62. The van der Waals surface area contributed by atoms with Crippen LogP contribution < -0.4 is 10.0 Å². The minimum atomic E-state index is -3.66. The first kappa shape index (κ1) is 18.3. The Balaban J connectivity index is 0.00000220. The van der Waals surface area contributed by atoms with Crippen LogP contribution in [-0.2, 0) is 10.0 Å². The molecule has 1 aliphatic rings. The second kappa shape index (κ2) is 7.50. The van der Waals surface area contributed by atoms with Crippen LogP contribution in [0, 0.1) is 10.1 Å². The molecule has 2 N–H and O–H groups in total. The Hall–Kier alpha value is -0.740.